The fourth-order valence-corrected chi connectivity index (χ4v) is 2.25. The van der Waals surface area contributed by atoms with E-state index in [1.54, 1.807) is 41.4 Å². The molecule has 0 aliphatic heterocycles. The van der Waals surface area contributed by atoms with Gasteiger partial charge in [0.25, 0.3) is 11.8 Å². The first-order chi connectivity index (χ1) is 10.5. The third kappa shape index (κ3) is 3.68. The number of hydrogen-bond acceptors (Lipinski definition) is 2. The Bertz CT molecular complexity index is 660. The Hall–Kier alpha value is -2.27. The van der Waals surface area contributed by atoms with Gasteiger partial charge < -0.3 is 15.2 Å². The number of halogens is 1. The molecule has 1 heterocycles. The Kier molecular flexibility index (Phi) is 5.22. The van der Waals surface area contributed by atoms with Crippen LogP contribution in [-0.4, -0.2) is 34.8 Å². The van der Waals surface area contributed by atoms with Crippen molar-refractivity contribution in [1.82, 2.24) is 9.88 Å². The standard InChI is InChI=1S/C16H18ClN3O2/c1-3-20(4-2)16(22)11-5-7-13(8-6-11)19-15(21)14-9-12(17)10-18-14/h5-10,18H,3-4H2,1-2H3,(H,19,21). The van der Waals surface area contributed by atoms with E-state index in [-0.39, 0.29) is 11.8 Å². The molecular weight excluding hydrogens is 302 g/mol. The van der Waals surface area contributed by atoms with E-state index in [4.69, 9.17) is 11.6 Å². The lowest BCUT2D eigenvalue weighted by Crippen LogP contribution is -2.30. The van der Waals surface area contributed by atoms with Gasteiger partial charge in [-0.15, -0.1) is 0 Å². The Morgan fingerprint density at radius 2 is 1.82 bits per heavy atom. The summed E-state index contributed by atoms with van der Waals surface area (Å²) in [5.41, 5.74) is 1.60. The minimum absolute atomic E-state index is 0.0148. The maximum atomic E-state index is 12.2. The highest BCUT2D eigenvalue weighted by molar-refractivity contribution is 6.31. The van der Waals surface area contributed by atoms with Crippen molar-refractivity contribution in [3.05, 3.63) is 52.8 Å². The quantitative estimate of drug-likeness (QED) is 0.887. The lowest BCUT2D eigenvalue weighted by molar-refractivity contribution is 0.0773. The highest BCUT2D eigenvalue weighted by Gasteiger charge is 2.13. The van der Waals surface area contributed by atoms with E-state index in [1.165, 1.54) is 0 Å². The van der Waals surface area contributed by atoms with Crippen LogP contribution in [0.25, 0.3) is 0 Å². The van der Waals surface area contributed by atoms with Crippen LogP contribution in [0.1, 0.15) is 34.7 Å². The van der Waals surface area contributed by atoms with Crippen molar-refractivity contribution in [1.29, 1.82) is 0 Å². The zero-order chi connectivity index (χ0) is 16.1. The number of benzene rings is 1. The SMILES string of the molecule is CCN(CC)C(=O)c1ccc(NC(=O)c2cc(Cl)c[nH]2)cc1. The number of carbonyl (C=O) groups excluding carboxylic acids is 2. The first kappa shape index (κ1) is 16.1. The van der Waals surface area contributed by atoms with Crippen LogP contribution in [0.3, 0.4) is 0 Å². The smallest absolute Gasteiger partial charge is 0.272 e. The number of carbonyl (C=O) groups is 2. The molecule has 22 heavy (non-hydrogen) atoms. The summed E-state index contributed by atoms with van der Waals surface area (Å²) < 4.78 is 0. The molecule has 2 aromatic rings. The number of rotatable bonds is 5. The first-order valence-corrected chi connectivity index (χ1v) is 7.47. The van der Waals surface area contributed by atoms with Crippen LogP contribution in [0.15, 0.2) is 36.5 Å². The Balaban J connectivity index is 2.06. The van der Waals surface area contributed by atoms with Gasteiger partial charge in [0, 0.05) is 30.5 Å². The Morgan fingerprint density at radius 3 is 2.32 bits per heavy atom. The summed E-state index contributed by atoms with van der Waals surface area (Å²) in [6, 6.07) is 8.38. The summed E-state index contributed by atoms with van der Waals surface area (Å²) in [5, 5.41) is 3.22. The highest BCUT2D eigenvalue weighted by Crippen LogP contribution is 2.14. The number of nitrogens with one attached hydrogen (secondary N) is 2. The van der Waals surface area contributed by atoms with E-state index in [2.05, 4.69) is 10.3 Å². The molecule has 2 amide bonds. The van der Waals surface area contributed by atoms with Gasteiger partial charge >= 0.3 is 0 Å². The van der Waals surface area contributed by atoms with E-state index < -0.39 is 0 Å². The summed E-state index contributed by atoms with van der Waals surface area (Å²) in [6.07, 6.45) is 1.54. The summed E-state index contributed by atoms with van der Waals surface area (Å²) in [4.78, 5) is 28.7. The van der Waals surface area contributed by atoms with Crippen LogP contribution in [0, 0.1) is 0 Å². The van der Waals surface area contributed by atoms with Gasteiger partial charge in [-0.25, -0.2) is 0 Å². The average Bonchev–Trinajstić information content (AvgIpc) is 2.96. The largest absolute Gasteiger partial charge is 0.356 e. The third-order valence-electron chi connectivity index (χ3n) is 3.33. The van der Waals surface area contributed by atoms with Crippen LogP contribution in [0.4, 0.5) is 5.69 Å². The fourth-order valence-electron chi connectivity index (χ4n) is 2.09. The molecule has 6 heteroatoms. The molecule has 0 saturated heterocycles. The molecule has 0 atom stereocenters. The van der Waals surface area contributed by atoms with Gasteiger partial charge in [0.1, 0.15) is 5.69 Å². The monoisotopic (exact) mass is 319 g/mol. The van der Waals surface area contributed by atoms with Crippen LogP contribution >= 0.6 is 11.6 Å². The van der Waals surface area contributed by atoms with Gasteiger partial charge in [0.05, 0.1) is 5.02 Å². The van der Waals surface area contributed by atoms with Gasteiger partial charge in [-0.2, -0.15) is 0 Å². The number of aromatic amines is 1. The first-order valence-electron chi connectivity index (χ1n) is 7.09. The van der Waals surface area contributed by atoms with Crippen molar-refractivity contribution >= 4 is 29.1 Å². The normalized spacial score (nSPS) is 10.3. The van der Waals surface area contributed by atoms with Crippen LogP contribution in [0.5, 0.6) is 0 Å². The molecule has 0 aliphatic rings. The van der Waals surface area contributed by atoms with E-state index in [0.29, 0.717) is 35.1 Å². The number of hydrogen-bond donors (Lipinski definition) is 2. The molecule has 0 unspecified atom stereocenters. The van der Waals surface area contributed by atoms with E-state index in [0.717, 1.165) is 0 Å². The van der Waals surface area contributed by atoms with Gasteiger partial charge in [-0.3, -0.25) is 9.59 Å². The maximum absolute atomic E-state index is 12.2. The fraction of sp³-hybridized carbons (Fsp3) is 0.250. The number of anilines is 1. The van der Waals surface area contributed by atoms with E-state index in [1.807, 2.05) is 13.8 Å². The van der Waals surface area contributed by atoms with Crippen molar-refractivity contribution in [3.63, 3.8) is 0 Å². The van der Waals surface area contributed by atoms with Crippen LogP contribution < -0.4 is 5.32 Å². The van der Waals surface area contributed by atoms with Crippen molar-refractivity contribution in [2.75, 3.05) is 18.4 Å². The second-order valence-corrected chi connectivity index (χ2v) is 5.18. The predicted molar refractivity (Wildman–Crippen MR) is 87.4 cm³/mol. The summed E-state index contributed by atoms with van der Waals surface area (Å²) in [5.74, 6) is -0.297. The highest BCUT2D eigenvalue weighted by atomic mass is 35.5. The van der Waals surface area contributed by atoms with E-state index in [9.17, 15) is 9.59 Å². The zero-order valence-electron chi connectivity index (χ0n) is 12.5. The number of aromatic nitrogens is 1. The van der Waals surface area contributed by atoms with Gasteiger partial charge in [-0.05, 0) is 44.2 Å². The van der Waals surface area contributed by atoms with Gasteiger partial charge in [0.15, 0.2) is 0 Å². The van der Waals surface area contributed by atoms with Crippen LogP contribution in [0.2, 0.25) is 5.02 Å². The van der Waals surface area contributed by atoms with Crippen molar-refractivity contribution in [3.8, 4) is 0 Å². The summed E-state index contributed by atoms with van der Waals surface area (Å²) in [6.45, 7) is 5.22. The molecule has 0 aliphatic carbocycles. The van der Waals surface area contributed by atoms with Crippen molar-refractivity contribution in [2.24, 2.45) is 0 Å². The van der Waals surface area contributed by atoms with Gasteiger partial charge in [0.2, 0.25) is 0 Å². The van der Waals surface area contributed by atoms with Crippen molar-refractivity contribution in [2.45, 2.75) is 13.8 Å². The second kappa shape index (κ2) is 7.13. The minimum Gasteiger partial charge on any atom is -0.356 e. The Morgan fingerprint density at radius 1 is 1.18 bits per heavy atom. The number of amides is 2. The van der Waals surface area contributed by atoms with E-state index >= 15 is 0 Å². The molecule has 0 bridgehead atoms. The van der Waals surface area contributed by atoms with Crippen molar-refractivity contribution < 1.29 is 9.59 Å². The molecule has 2 N–H and O–H groups in total. The Labute approximate surface area is 134 Å². The lowest BCUT2D eigenvalue weighted by Gasteiger charge is -2.18. The molecule has 1 aromatic heterocycles. The summed E-state index contributed by atoms with van der Waals surface area (Å²) >= 11 is 5.77. The molecule has 5 nitrogen and oxygen atoms in total. The minimum atomic E-state index is -0.283. The number of nitrogens with zero attached hydrogens (tertiary/aromatic N) is 1. The molecule has 1 aromatic carbocycles. The molecule has 116 valence electrons. The summed E-state index contributed by atoms with van der Waals surface area (Å²) in [7, 11) is 0. The molecule has 0 radical (unpaired) electrons. The number of H-pyrrole nitrogens is 1. The zero-order valence-corrected chi connectivity index (χ0v) is 13.3. The van der Waals surface area contributed by atoms with Crippen LogP contribution in [-0.2, 0) is 0 Å². The maximum Gasteiger partial charge on any atom is 0.272 e. The van der Waals surface area contributed by atoms with Gasteiger partial charge in [-0.1, -0.05) is 11.6 Å². The topological polar surface area (TPSA) is 65.2 Å². The molecule has 0 saturated carbocycles. The second-order valence-electron chi connectivity index (χ2n) is 4.74. The molecule has 2 rings (SSSR count). The molecule has 0 fully saturated rings. The predicted octanol–water partition coefficient (Wildman–Crippen LogP) is 3.40. The lowest BCUT2D eigenvalue weighted by atomic mass is 10.1. The third-order valence-corrected chi connectivity index (χ3v) is 3.55. The molecular formula is C16H18ClN3O2. The molecule has 0 spiro atoms. The average molecular weight is 320 g/mol.